The SMILES string of the molecule is CC(C)(C)c1cnc(CCC(=O)Nc2cccc(CCC(=O)O)c2)o1. The molecular formula is C19H24N2O4. The fourth-order valence-corrected chi connectivity index (χ4v) is 2.27. The second kappa shape index (κ2) is 7.96. The van der Waals surface area contributed by atoms with Crippen LogP contribution in [0.3, 0.4) is 0 Å². The van der Waals surface area contributed by atoms with Gasteiger partial charge < -0.3 is 14.8 Å². The molecule has 6 nitrogen and oxygen atoms in total. The highest BCUT2D eigenvalue weighted by atomic mass is 16.4. The smallest absolute Gasteiger partial charge is 0.303 e. The Bertz CT molecular complexity index is 744. The maximum atomic E-state index is 12.1. The summed E-state index contributed by atoms with van der Waals surface area (Å²) < 4.78 is 5.68. The number of amides is 1. The quantitative estimate of drug-likeness (QED) is 0.801. The van der Waals surface area contributed by atoms with Gasteiger partial charge in [0.05, 0.1) is 6.20 Å². The molecule has 0 aliphatic heterocycles. The van der Waals surface area contributed by atoms with Crippen molar-refractivity contribution in [3.05, 3.63) is 47.7 Å². The lowest BCUT2D eigenvalue weighted by Gasteiger charge is -2.13. The number of carboxylic acid groups (broad SMARTS) is 1. The Morgan fingerprint density at radius 2 is 1.96 bits per heavy atom. The van der Waals surface area contributed by atoms with Gasteiger partial charge in [0.2, 0.25) is 5.91 Å². The highest BCUT2D eigenvalue weighted by Gasteiger charge is 2.19. The van der Waals surface area contributed by atoms with Crippen LogP contribution in [0.5, 0.6) is 0 Å². The molecule has 0 saturated carbocycles. The van der Waals surface area contributed by atoms with Crippen LogP contribution in [0.4, 0.5) is 5.69 Å². The highest BCUT2D eigenvalue weighted by Crippen LogP contribution is 2.23. The molecule has 0 atom stereocenters. The lowest BCUT2D eigenvalue weighted by molar-refractivity contribution is -0.137. The summed E-state index contributed by atoms with van der Waals surface area (Å²) in [4.78, 5) is 26.9. The highest BCUT2D eigenvalue weighted by molar-refractivity contribution is 5.90. The van der Waals surface area contributed by atoms with Crippen LogP contribution in [-0.4, -0.2) is 22.0 Å². The van der Waals surface area contributed by atoms with Crippen molar-refractivity contribution in [2.75, 3.05) is 5.32 Å². The van der Waals surface area contributed by atoms with Gasteiger partial charge in [0.25, 0.3) is 0 Å². The Morgan fingerprint density at radius 1 is 1.20 bits per heavy atom. The summed E-state index contributed by atoms with van der Waals surface area (Å²) in [5, 5.41) is 11.6. The summed E-state index contributed by atoms with van der Waals surface area (Å²) in [5.74, 6) is 0.380. The fraction of sp³-hybridized carbons (Fsp3) is 0.421. The predicted molar refractivity (Wildman–Crippen MR) is 94.6 cm³/mol. The minimum absolute atomic E-state index is 0.0671. The zero-order valence-electron chi connectivity index (χ0n) is 14.8. The first-order valence-corrected chi connectivity index (χ1v) is 8.30. The average Bonchev–Trinajstić information content (AvgIpc) is 3.00. The Morgan fingerprint density at radius 3 is 2.60 bits per heavy atom. The van der Waals surface area contributed by atoms with Crippen molar-refractivity contribution in [2.45, 2.75) is 51.9 Å². The first kappa shape index (κ1) is 18.7. The predicted octanol–water partition coefficient (Wildman–Crippen LogP) is 3.56. The number of aromatic nitrogens is 1. The third-order valence-corrected chi connectivity index (χ3v) is 3.70. The van der Waals surface area contributed by atoms with Crippen LogP contribution < -0.4 is 5.32 Å². The number of carbonyl (C=O) groups is 2. The van der Waals surface area contributed by atoms with E-state index in [1.807, 2.05) is 26.8 Å². The number of hydrogen-bond acceptors (Lipinski definition) is 4. The number of nitrogens with zero attached hydrogens (tertiary/aromatic N) is 1. The van der Waals surface area contributed by atoms with Crippen LogP contribution in [0, 0.1) is 0 Å². The molecule has 0 aliphatic carbocycles. The molecule has 0 spiro atoms. The lowest BCUT2D eigenvalue weighted by Crippen LogP contribution is -2.12. The van der Waals surface area contributed by atoms with E-state index in [0.29, 0.717) is 24.4 Å². The molecule has 2 N–H and O–H groups in total. The first-order valence-electron chi connectivity index (χ1n) is 8.30. The van der Waals surface area contributed by atoms with Gasteiger partial charge in [-0.3, -0.25) is 9.59 Å². The number of anilines is 1. The second-order valence-corrected chi connectivity index (χ2v) is 7.01. The average molecular weight is 344 g/mol. The summed E-state index contributed by atoms with van der Waals surface area (Å²) in [6, 6.07) is 7.23. The zero-order chi connectivity index (χ0) is 18.4. The Hall–Kier alpha value is -2.63. The number of hydrogen-bond donors (Lipinski definition) is 2. The molecular weight excluding hydrogens is 320 g/mol. The Balaban J connectivity index is 1.87. The Kier molecular flexibility index (Phi) is 5.96. The molecule has 25 heavy (non-hydrogen) atoms. The number of nitrogens with one attached hydrogen (secondary N) is 1. The molecule has 0 bridgehead atoms. The van der Waals surface area contributed by atoms with Gasteiger partial charge in [0.15, 0.2) is 5.89 Å². The van der Waals surface area contributed by atoms with E-state index in [-0.39, 0.29) is 24.2 Å². The fourth-order valence-electron chi connectivity index (χ4n) is 2.27. The van der Waals surface area contributed by atoms with E-state index in [1.165, 1.54) is 0 Å². The van der Waals surface area contributed by atoms with Crippen molar-refractivity contribution in [3.63, 3.8) is 0 Å². The van der Waals surface area contributed by atoms with E-state index in [9.17, 15) is 9.59 Å². The normalized spacial score (nSPS) is 11.3. The van der Waals surface area contributed by atoms with E-state index < -0.39 is 5.97 Å². The van der Waals surface area contributed by atoms with Crippen molar-refractivity contribution >= 4 is 17.6 Å². The van der Waals surface area contributed by atoms with Crippen LogP contribution in [-0.2, 0) is 27.8 Å². The van der Waals surface area contributed by atoms with Crippen molar-refractivity contribution < 1.29 is 19.1 Å². The summed E-state index contributed by atoms with van der Waals surface area (Å²) in [5.41, 5.74) is 1.43. The van der Waals surface area contributed by atoms with Crippen LogP contribution >= 0.6 is 0 Å². The maximum Gasteiger partial charge on any atom is 0.303 e. The molecule has 1 amide bonds. The number of carbonyl (C=O) groups excluding carboxylic acids is 1. The van der Waals surface area contributed by atoms with Gasteiger partial charge in [0.1, 0.15) is 5.76 Å². The number of rotatable bonds is 7. The second-order valence-electron chi connectivity index (χ2n) is 7.01. The first-order chi connectivity index (χ1) is 11.7. The largest absolute Gasteiger partial charge is 0.481 e. The van der Waals surface area contributed by atoms with Gasteiger partial charge in [-0.15, -0.1) is 0 Å². The van der Waals surface area contributed by atoms with Crippen molar-refractivity contribution in [1.82, 2.24) is 4.98 Å². The third-order valence-electron chi connectivity index (χ3n) is 3.70. The minimum atomic E-state index is -0.838. The van der Waals surface area contributed by atoms with Crippen LogP contribution in [0.25, 0.3) is 0 Å². The summed E-state index contributed by atoms with van der Waals surface area (Å²) in [7, 11) is 0. The molecule has 0 unspecified atom stereocenters. The molecule has 0 saturated heterocycles. The summed E-state index contributed by atoms with van der Waals surface area (Å²) in [6.45, 7) is 6.13. The summed E-state index contributed by atoms with van der Waals surface area (Å²) >= 11 is 0. The van der Waals surface area contributed by atoms with E-state index in [2.05, 4.69) is 10.3 Å². The van der Waals surface area contributed by atoms with Gasteiger partial charge in [0, 0.05) is 30.4 Å². The lowest BCUT2D eigenvalue weighted by atomic mass is 9.94. The van der Waals surface area contributed by atoms with Crippen molar-refractivity contribution in [3.8, 4) is 0 Å². The number of aliphatic carboxylic acids is 1. The van der Waals surface area contributed by atoms with Gasteiger partial charge in [-0.05, 0) is 24.1 Å². The van der Waals surface area contributed by atoms with Gasteiger partial charge in [-0.25, -0.2) is 4.98 Å². The van der Waals surface area contributed by atoms with Crippen LogP contribution in [0.15, 0.2) is 34.9 Å². The van der Waals surface area contributed by atoms with Gasteiger partial charge >= 0.3 is 5.97 Å². The number of benzene rings is 1. The maximum absolute atomic E-state index is 12.1. The summed E-state index contributed by atoms with van der Waals surface area (Å²) in [6.07, 6.45) is 2.91. The zero-order valence-corrected chi connectivity index (χ0v) is 14.8. The molecule has 0 aliphatic rings. The van der Waals surface area contributed by atoms with E-state index >= 15 is 0 Å². The molecule has 1 heterocycles. The molecule has 1 aromatic heterocycles. The standard InChI is InChI=1S/C19H24N2O4/c1-19(2,3)15-12-20-17(25-15)9-8-16(22)21-14-6-4-5-13(11-14)7-10-18(23)24/h4-6,11-12H,7-10H2,1-3H3,(H,21,22)(H,23,24). The molecule has 6 heteroatoms. The monoisotopic (exact) mass is 344 g/mol. The van der Waals surface area contributed by atoms with Crippen molar-refractivity contribution in [1.29, 1.82) is 0 Å². The molecule has 2 rings (SSSR count). The number of aryl methyl sites for hydroxylation is 2. The van der Waals surface area contributed by atoms with Gasteiger partial charge in [-0.1, -0.05) is 32.9 Å². The third kappa shape index (κ3) is 6.06. The molecule has 0 fully saturated rings. The number of oxazole rings is 1. The topological polar surface area (TPSA) is 92.4 Å². The van der Waals surface area contributed by atoms with E-state index in [0.717, 1.165) is 11.3 Å². The van der Waals surface area contributed by atoms with E-state index in [1.54, 1.807) is 24.4 Å². The molecule has 2 aromatic rings. The molecule has 1 aromatic carbocycles. The van der Waals surface area contributed by atoms with Crippen molar-refractivity contribution in [2.24, 2.45) is 0 Å². The number of carboxylic acids is 1. The Labute approximate surface area is 147 Å². The van der Waals surface area contributed by atoms with E-state index in [4.69, 9.17) is 9.52 Å². The van der Waals surface area contributed by atoms with Gasteiger partial charge in [-0.2, -0.15) is 0 Å². The minimum Gasteiger partial charge on any atom is -0.481 e. The molecule has 0 radical (unpaired) electrons. The van der Waals surface area contributed by atoms with Crippen LogP contribution in [0.2, 0.25) is 0 Å². The van der Waals surface area contributed by atoms with Crippen LogP contribution in [0.1, 0.15) is 50.8 Å². The molecule has 134 valence electrons.